The third kappa shape index (κ3) is 4.68. The molecule has 0 radical (unpaired) electrons. The number of carbonyl (C=O) groups excluding carboxylic acids is 1. The zero-order chi connectivity index (χ0) is 15.2. The van der Waals surface area contributed by atoms with Gasteiger partial charge in [0.2, 0.25) is 0 Å². The van der Waals surface area contributed by atoms with Gasteiger partial charge < -0.3 is 5.32 Å². The Bertz CT molecular complexity index is 613. The first-order valence-electron chi connectivity index (χ1n) is 6.86. The van der Waals surface area contributed by atoms with Gasteiger partial charge >= 0.3 is 0 Å². The average molecular weight is 411 g/mol. The first-order valence-corrected chi connectivity index (χ1v) is 8.44. The normalized spacial score (nSPS) is 12.0. The van der Waals surface area contributed by atoms with Crippen LogP contribution in [0.4, 0.5) is 0 Å². The average Bonchev–Trinajstić information content (AvgIpc) is 2.50. The summed E-state index contributed by atoms with van der Waals surface area (Å²) in [6.45, 7) is 2.84. The predicted molar refractivity (Wildman–Crippen MR) is 93.6 cm³/mol. The van der Waals surface area contributed by atoms with E-state index in [2.05, 4.69) is 56.2 Å². The lowest BCUT2D eigenvalue weighted by Crippen LogP contribution is -2.25. The quantitative estimate of drug-likeness (QED) is 0.726. The highest BCUT2D eigenvalue weighted by Gasteiger charge is 2.11. The van der Waals surface area contributed by atoms with E-state index in [9.17, 15) is 4.79 Å². The third-order valence-corrected chi connectivity index (χ3v) is 4.59. The Balaban J connectivity index is 1.88. The summed E-state index contributed by atoms with van der Waals surface area (Å²) in [5, 5.41) is 2.98. The summed E-state index contributed by atoms with van der Waals surface area (Å²) >= 11 is 6.79. The van der Waals surface area contributed by atoms with Crippen molar-refractivity contribution in [1.82, 2.24) is 5.32 Å². The van der Waals surface area contributed by atoms with Gasteiger partial charge in [0.1, 0.15) is 0 Å². The topological polar surface area (TPSA) is 29.1 Å². The van der Waals surface area contributed by atoms with Gasteiger partial charge in [0.15, 0.2) is 0 Å². The summed E-state index contributed by atoms with van der Waals surface area (Å²) in [5.41, 5.74) is 1.95. The van der Waals surface area contributed by atoms with Crippen LogP contribution in [0.15, 0.2) is 57.5 Å². The molecule has 2 aromatic carbocycles. The Labute approximate surface area is 142 Å². The number of carbonyl (C=O) groups is 1. The highest BCUT2D eigenvalue weighted by molar-refractivity contribution is 9.11. The van der Waals surface area contributed by atoms with E-state index in [1.54, 1.807) is 0 Å². The van der Waals surface area contributed by atoms with Crippen molar-refractivity contribution in [2.75, 3.05) is 6.54 Å². The standard InChI is InChI=1S/C17H17Br2NO/c1-12(13-5-3-2-4-6-13)9-10-20-17(21)15-11-14(18)7-8-16(15)19/h2-8,11-12H,9-10H2,1H3,(H,20,21). The first kappa shape index (κ1) is 16.2. The van der Waals surface area contributed by atoms with Crippen LogP contribution in [0, 0.1) is 0 Å². The lowest BCUT2D eigenvalue weighted by Gasteiger charge is -2.13. The van der Waals surface area contributed by atoms with Crippen LogP contribution in [-0.2, 0) is 0 Å². The lowest BCUT2D eigenvalue weighted by atomic mass is 9.98. The second-order valence-corrected chi connectivity index (χ2v) is 6.75. The van der Waals surface area contributed by atoms with E-state index in [1.807, 2.05) is 36.4 Å². The maximum absolute atomic E-state index is 12.2. The predicted octanol–water partition coefficient (Wildman–Crippen LogP) is 5.14. The summed E-state index contributed by atoms with van der Waals surface area (Å²) in [4.78, 5) is 12.2. The molecular weight excluding hydrogens is 394 g/mol. The van der Waals surface area contributed by atoms with Crippen LogP contribution >= 0.6 is 31.9 Å². The minimum atomic E-state index is -0.0524. The molecule has 1 unspecified atom stereocenters. The highest BCUT2D eigenvalue weighted by Crippen LogP contribution is 2.22. The molecule has 2 rings (SSSR count). The van der Waals surface area contributed by atoms with E-state index >= 15 is 0 Å². The number of hydrogen-bond donors (Lipinski definition) is 1. The smallest absolute Gasteiger partial charge is 0.252 e. The van der Waals surface area contributed by atoms with Crippen LogP contribution in [0.1, 0.15) is 35.2 Å². The number of halogens is 2. The van der Waals surface area contributed by atoms with Crippen LogP contribution in [-0.4, -0.2) is 12.5 Å². The molecule has 2 nitrogen and oxygen atoms in total. The van der Waals surface area contributed by atoms with Crippen LogP contribution in [0.25, 0.3) is 0 Å². The van der Waals surface area contributed by atoms with Gasteiger partial charge in [-0.15, -0.1) is 0 Å². The molecule has 0 aliphatic carbocycles. The van der Waals surface area contributed by atoms with E-state index in [1.165, 1.54) is 5.56 Å². The van der Waals surface area contributed by atoms with Crippen LogP contribution < -0.4 is 5.32 Å². The number of benzene rings is 2. The summed E-state index contributed by atoms with van der Waals surface area (Å²) in [7, 11) is 0. The monoisotopic (exact) mass is 409 g/mol. The Kier molecular flexibility index (Phi) is 6.00. The molecule has 1 N–H and O–H groups in total. The number of rotatable bonds is 5. The third-order valence-electron chi connectivity index (χ3n) is 3.40. The largest absolute Gasteiger partial charge is 0.352 e. The molecule has 1 amide bonds. The van der Waals surface area contributed by atoms with E-state index in [0.29, 0.717) is 18.0 Å². The molecule has 0 heterocycles. The highest BCUT2D eigenvalue weighted by atomic mass is 79.9. The van der Waals surface area contributed by atoms with E-state index in [-0.39, 0.29) is 5.91 Å². The second-order valence-electron chi connectivity index (χ2n) is 4.98. The summed E-state index contributed by atoms with van der Waals surface area (Å²) in [6.07, 6.45) is 0.918. The molecule has 0 saturated carbocycles. The molecule has 0 saturated heterocycles. The van der Waals surface area contributed by atoms with Gasteiger partial charge in [-0.05, 0) is 52.0 Å². The van der Waals surface area contributed by atoms with Gasteiger partial charge in [-0.2, -0.15) is 0 Å². The maximum atomic E-state index is 12.2. The molecule has 4 heteroatoms. The molecule has 0 fully saturated rings. The van der Waals surface area contributed by atoms with Crippen molar-refractivity contribution in [3.8, 4) is 0 Å². The molecule has 1 atom stereocenters. The SMILES string of the molecule is CC(CCNC(=O)c1cc(Br)ccc1Br)c1ccccc1. The molecule has 0 aliphatic heterocycles. The Hall–Kier alpha value is -1.13. The fraction of sp³-hybridized carbons (Fsp3) is 0.235. The van der Waals surface area contributed by atoms with Gasteiger partial charge in [0.25, 0.3) is 5.91 Å². The number of hydrogen-bond acceptors (Lipinski definition) is 1. The molecule has 110 valence electrons. The van der Waals surface area contributed by atoms with Crippen molar-refractivity contribution < 1.29 is 4.79 Å². The first-order chi connectivity index (χ1) is 10.1. The van der Waals surface area contributed by atoms with Crippen molar-refractivity contribution >= 4 is 37.8 Å². The van der Waals surface area contributed by atoms with Crippen molar-refractivity contribution in [2.45, 2.75) is 19.3 Å². The molecule has 0 aromatic heterocycles. The minimum Gasteiger partial charge on any atom is -0.352 e. The maximum Gasteiger partial charge on any atom is 0.252 e. The zero-order valence-electron chi connectivity index (χ0n) is 11.8. The Morgan fingerprint density at radius 2 is 1.86 bits per heavy atom. The van der Waals surface area contributed by atoms with E-state index in [0.717, 1.165) is 15.4 Å². The summed E-state index contributed by atoms with van der Waals surface area (Å²) in [5.74, 6) is 0.376. The van der Waals surface area contributed by atoms with Crippen molar-refractivity contribution in [2.24, 2.45) is 0 Å². The minimum absolute atomic E-state index is 0.0524. The van der Waals surface area contributed by atoms with Gasteiger partial charge in [-0.25, -0.2) is 0 Å². The summed E-state index contributed by atoms with van der Waals surface area (Å²) in [6, 6.07) is 15.9. The van der Waals surface area contributed by atoms with Crippen LogP contribution in [0.2, 0.25) is 0 Å². The fourth-order valence-electron chi connectivity index (χ4n) is 2.12. The Morgan fingerprint density at radius 3 is 2.57 bits per heavy atom. The van der Waals surface area contributed by atoms with E-state index in [4.69, 9.17) is 0 Å². The van der Waals surface area contributed by atoms with Crippen LogP contribution in [0.5, 0.6) is 0 Å². The van der Waals surface area contributed by atoms with E-state index < -0.39 is 0 Å². The molecule has 2 aromatic rings. The molecular formula is C17H17Br2NO. The van der Waals surface area contributed by atoms with Gasteiger partial charge in [-0.3, -0.25) is 4.79 Å². The van der Waals surface area contributed by atoms with Gasteiger partial charge in [-0.1, -0.05) is 53.2 Å². The van der Waals surface area contributed by atoms with Crippen molar-refractivity contribution in [1.29, 1.82) is 0 Å². The number of nitrogens with one attached hydrogen (secondary N) is 1. The molecule has 21 heavy (non-hydrogen) atoms. The lowest BCUT2D eigenvalue weighted by molar-refractivity contribution is 0.0952. The zero-order valence-corrected chi connectivity index (χ0v) is 14.9. The number of amides is 1. The van der Waals surface area contributed by atoms with Crippen molar-refractivity contribution in [3.63, 3.8) is 0 Å². The molecule has 0 aliphatic rings. The summed E-state index contributed by atoms with van der Waals surface area (Å²) < 4.78 is 1.70. The van der Waals surface area contributed by atoms with Crippen molar-refractivity contribution in [3.05, 3.63) is 68.6 Å². The molecule has 0 spiro atoms. The molecule has 0 bridgehead atoms. The van der Waals surface area contributed by atoms with Crippen LogP contribution in [0.3, 0.4) is 0 Å². The second kappa shape index (κ2) is 7.76. The van der Waals surface area contributed by atoms with Gasteiger partial charge in [0, 0.05) is 15.5 Å². The van der Waals surface area contributed by atoms with Gasteiger partial charge in [0.05, 0.1) is 5.56 Å². The Morgan fingerprint density at radius 1 is 1.14 bits per heavy atom. The fourth-order valence-corrected chi connectivity index (χ4v) is 2.90.